The Morgan fingerprint density at radius 3 is 2.83 bits per heavy atom. The number of nitrogens with zero attached hydrogens (tertiary/aromatic N) is 1. The Morgan fingerprint density at radius 2 is 2.42 bits per heavy atom. The van der Waals surface area contributed by atoms with Gasteiger partial charge in [0.1, 0.15) is 5.01 Å². The van der Waals surface area contributed by atoms with Crippen molar-refractivity contribution in [1.29, 1.82) is 0 Å². The van der Waals surface area contributed by atoms with Gasteiger partial charge in [0.05, 0.1) is 0 Å². The van der Waals surface area contributed by atoms with E-state index in [4.69, 9.17) is 5.11 Å². The summed E-state index contributed by atoms with van der Waals surface area (Å²) in [5, 5.41) is 9.57. The van der Waals surface area contributed by atoms with Crippen LogP contribution in [0.3, 0.4) is 0 Å². The van der Waals surface area contributed by atoms with Gasteiger partial charge in [-0.05, 0) is 13.2 Å². The van der Waals surface area contributed by atoms with Gasteiger partial charge in [-0.3, -0.25) is 0 Å². The molecule has 5 heteroatoms. The van der Waals surface area contributed by atoms with E-state index in [2.05, 4.69) is 4.98 Å². The van der Waals surface area contributed by atoms with Gasteiger partial charge >= 0.3 is 5.97 Å². The van der Waals surface area contributed by atoms with E-state index in [-0.39, 0.29) is 5.69 Å². The fourth-order valence-electron chi connectivity index (χ4n) is 0.835. The number of carboxylic acids is 1. The van der Waals surface area contributed by atoms with Crippen molar-refractivity contribution in [3.05, 3.63) is 15.6 Å². The molecule has 0 saturated heterocycles. The monoisotopic (exact) mass is 203 g/mol. The molecule has 1 aromatic rings. The van der Waals surface area contributed by atoms with Gasteiger partial charge in [-0.1, -0.05) is 0 Å². The molecule has 12 heavy (non-hydrogen) atoms. The van der Waals surface area contributed by atoms with Crippen LogP contribution in [0.15, 0.2) is 0 Å². The smallest absolute Gasteiger partial charge is 0.355 e. The van der Waals surface area contributed by atoms with Crippen LogP contribution in [0.2, 0.25) is 0 Å². The summed E-state index contributed by atoms with van der Waals surface area (Å²) in [7, 11) is 0. The van der Waals surface area contributed by atoms with Gasteiger partial charge in [-0.2, -0.15) is 11.8 Å². The third kappa shape index (κ3) is 1.98. The lowest BCUT2D eigenvalue weighted by Gasteiger charge is -1.86. The topological polar surface area (TPSA) is 50.2 Å². The molecule has 0 spiro atoms. The van der Waals surface area contributed by atoms with Gasteiger partial charge in [-0.15, -0.1) is 11.3 Å². The summed E-state index contributed by atoms with van der Waals surface area (Å²) < 4.78 is 0. The second-order valence-electron chi connectivity index (χ2n) is 2.25. The van der Waals surface area contributed by atoms with Gasteiger partial charge in [0.2, 0.25) is 0 Å². The van der Waals surface area contributed by atoms with Crippen LogP contribution in [-0.4, -0.2) is 22.3 Å². The first-order valence-corrected chi connectivity index (χ1v) is 5.54. The van der Waals surface area contributed by atoms with Crippen molar-refractivity contribution in [2.75, 3.05) is 6.26 Å². The van der Waals surface area contributed by atoms with E-state index in [0.717, 1.165) is 15.6 Å². The first-order chi connectivity index (χ1) is 5.65. The lowest BCUT2D eigenvalue weighted by molar-refractivity contribution is 0.0690. The van der Waals surface area contributed by atoms with Crippen LogP contribution >= 0.6 is 23.1 Å². The van der Waals surface area contributed by atoms with E-state index in [0.29, 0.717) is 0 Å². The summed E-state index contributed by atoms with van der Waals surface area (Å²) in [6.07, 6.45) is 1.97. The number of carbonyl (C=O) groups is 1. The molecule has 1 heterocycles. The molecular formula is C7H9NO2S2. The maximum atomic E-state index is 10.6. The van der Waals surface area contributed by atoms with E-state index >= 15 is 0 Å². The minimum absolute atomic E-state index is 0.198. The summed E-state index contributed by atoms with van der Waals surface area (Å²) in [5.41, 5.74) is 0.198. The molecule has 1 rings (SSSR count). The molecule has 0 aliphatic heterocycles. The Balaban J connectivity index is 2.92. The molecule has 66 valence electrons. The van der Waals surface area contributed by atoms with Crippen LogP contribution < -0.4 is 0 Å². The maximum Gasteiger partial charge on any atom is 0.355 e. The Labute approximate surface area is 78.8 Å². The summed E-state index contributed by atoms with van der Waals surface area (Å²) in [4.78, 5) is 15.4. The van der Waals surface area contributed by atoms with Crippen molar-refractivity contribution in [1.82, 2.24) is 4.98 Å². The molecular weight excluding hydrogens is 194 g/mol. The number of thiazole rings is 1. The number of hydrogen-bond acceptors (Lipinski definition) is 4. The summed E-state index contributed by atoms with van der Waals surface area (Å²) >= 11 is 3.10. The molecule has 1 N–H and O–H groups in total. The number of aromatic carboxylic acids is 1. The molecule has 0 fully saturated rings. The highest BCUT2D eigenvalue weighted by Crippen LogP contribution is 2.20. The minimum atomic E-state index is -0.934. The van der Waals surface area contributed by atoms with Gasteiger partial charge in [-0.25, -0.2) is 9.78 Å². The average Bonchev–Trinajstić information content (AvgIpc) is 2.32. The predicted octanol–water partition coefficient (Wildman–Crippen LogP) is 2.01. The van der Waals surface area contributed by atoms with Gasteiger partial charge in [0.25, 0.3) is 0 Å². The van der Waals surface area contributed by atoms with Crippen LogP contribution in [0.4, 0.5) is 0 Å². The lowest BCUT2D eigenvalue weighted by atomic mass is 10.4. The third-order valence-corrected chi connectivity index (χ3v) is 3.03. The number of aromatic nitrogens is 1. The van der Waals surface area contributed by atoms with Gasteiger partial charge in [0, 0.05) is 10.6 Å². The Kier molecular flexibility index (Phi) is 3.11. The van der Waals surface area contributed by atoms with Gasteiger partial charge in [0.15, 0.2) is 5.69 Å². The van der Waals surface area contributed by atoms with Crippen molar-refractivity contribution in [3.63, 3.8) is 0 Å². The highest BCUT2D eigenvalue weighted by atomic mass is 32.2. The van der Waals surface area contributed by atoms with E-state index < -0.39 is 5.97 Å². The molecule has 0 radical (unpaired) electrons. The molecule has 0 saturated carbocycles. The van der Waals surface area contributed by atoms with E-state index in [1.807, 2.05) is 6.26 Å². The molecule has 0 amide bonds. The largest absolute Gasteiger partial charge is 0.476 e. The van der Waals surface area contributed by atoms with E-state index in [1.165, 1.54) is 11.3 Å². The summed E-state index contributed by atoms with van der Waals surface area (Å²) in [6, 6.07) is 0. The number of rotatable bonds is 3. The van der Waals surface area contributed by atoms with E-state index in [9.17, 15) is 4.79 Å². The quantitative estimate of drug-likeness (QED) is 0.816. The van der Waals surface area contributed by atoms with Crippen molar-refractivity contribution in [2.24, 2.45) is 0 Å². The van der Waals surface area contributed by atoms with Crippen molar-refractivity contribution in [3.8, 4) is 0 Å². The molecule has 0 bridgehead atoms. The minimum Gasteiger partial charge on any atom is -0.476 e. The van der Waals surface area contributed by atoms with Crippen LogP contribution in [0.5, 0.6) is 0 Å². The van der Waals surface area contributed by atoms with Crippen molar-refractivity contribution >= 4 is 29.1 Å². The second kappa shape index (κ2) is 3.91. The molecule has 0 aliphatic carbocycles. The number of aryl methyl sites for hydroxylation is 1. The Hall–Kier alpha value is -0.550. The van der Waals surface area contributed by atoms with E-state index in [1.54, 1.807) is 18.7 Å². The number of thioether (sulfide) groups is 1. The molecule has 1 aromatic heterocycles. The fraction of sp³-hybridized carbons (Fsp3) is 0.429. The van der Waals surface area contributed by atoms with Crippen LogP contribution in [0.25, 0.3) is 0 Å². The van der Waals surface area contributed by atoms with Crippen LogP contribution in [0.1, 0.15) is 20.4 Å². The predicted molar refractivity (Wildman–Crippen MR) is 51.0 cm³/mol. The zero-order valence-corrected chi connectivity index (χ0v) is 8.46. The van der Waals surface area contributed by atoms with Crippen molar-refractivity contribution in [2.45, 2.75) is 12.7 Å². The highest BCUT2D eigenvalue weighted by molar-refractivity contribution is 7.97. The number of hydrogen-bond donors (Lipinski definition) is 1. The average molecular weight is 203 g/mol. The molecule has 0 aromatic carbocycles. The third-order valence-electron chi connectivity index (χ3n) is 1.31. The zero-order valence-electron chi connectivity index (χ0n) is 6.83. The molecule has 0 atom stereocenters. The van der Waals surface area contributed by atoms with Gasteiger partial charge < -0.3 is 5.11 Å². The highest BCUT2D eigenvalue weighted by Gasteiger charge is 2.12. The Bertz CT molecular complexity index is 296. The first-order valence-electron chi connectivity index (χ1n) is 3.33. The standard InChI is InChI=1S/C7H9NO2S2/c1-4-6(7(9)10)8-5(12-4)3-11-2/h3H2,1-2H3,(H,9,10). The number of carboxylic acid groups (broad SMARTS) is 1. The normalized spacial score (nSPS) is 10.2. The summed E-state index contributed by atoms with van der Waals surface area (Å²) in [5.74, 6) is -0.144. The first kappa shape index (κ1) is 9.54. The van der Waals surface area contributed by atoms with Crippen LogP contribution in [-0.2, 0) is 5.75 Å². The molecule has 3 nitrogen and oxygen atoms in total. The fourth-order valence-corrected chi connectivity index (χ4v) is 2.46. The maximum absolute atomic E-state index is 10.6. The molecule has 0 aliphatic rings. The van der Waals surface area contributed by atoms with Crippen LogP contribution in [0, 0.1) is 6.92 Å². The lowest BCUT2D eigenvalue weighted by Crippen LogP contribution is -1.98. The Morgan fingerprint density at radius 1 is 1.75 bits per heavy atom. The summed E-state index contributed by atoms with van der Waals surface area (Å²) in [6.45, 7) is 1.78. The SMILES string of the molecule is CSCc1nc(C(=O)O)c(C)s1. The molecule has 0 unspecified atom stereocenters. The second-order valence-corrected chi connectivity index (χ2v) is 4.40. The zero-order chi connectivity index (χ0) is 9.14. The van der Waals surface area contributed by atoms with Crippen molar-refractivity contribution < 1.29 is 9.90 Å².